The number of nitrogens with two attached hydrogens (primary N) is 1. The number of nitrogen functional groups attached to an aromatic ring is 1. The lowest BCUT2D eigenvalue weighted by Crippen LogP contribution is -2.99. The Morgan fingerprint density at radius 3 is 3.00 bits per heavy atom. The fourth-order valence-electron chi connectivity index (χ4n) is 1.08. The Kier molecular flexibility index (Phi) is 1.89. The molecule has 0 fully saturated rings. The van der Waals surface area contributed by atoms with E-state index in [1.54, 1.807) is 12.1 Å². The van der Waals surface area contributed by atoms with Crippen LogP contribution in [0.15, 0.2) is 18.2 Å². The van der Waals surface area contributed by atoms with E-state index in [4.69, 9.17) is 10.9 Å². The Morgan fingerprint density at radius 2 is 2.31 bits per heavy atom. The molecule has 6 heteroatoms. The lowest BCUT2D eigenvalue weighted by Gasteiger charge is -2.10. The van der Waals surface area contributed by atoms with E-state index in [-0.39, 0.29) is 5.69 Å². The second-order valence-electron chi connectivity index (χ2n) is 2.54. The first-order valence-corrected chi connectivity index (χ1v) is 4.38. The lowest BCUT2D eigenvalue weighted by atomic mass is 10.3. The van der Waals surface area contributed by atoms with E-state index in [1.807, 2.05) is 0 Å². The van der Waals surface area contributed by atoms with Crippen molar-refractivity contribution in [1.29, 1.82) is 0 Å². The highest BCUT2D eigenvalue weighted by atomic mass is 32.1. The summed E-state index contributed by atoms with van der Waals surface area (Å²) in [5.41, 5.74) is 6.35. The number of benzene rings is 1. The van der Waals surface area contributed by atoms with Crippen molar-refractivity contribution in [2.24, 2.45) is 0 Å². The third-order valence-corrected chi connectivity index (χ3v) is 2.52. The highest BCUT2D eigenvalue weighted by molar-refractivity contribution is 7.22. The number of hydrogen-bond acceptors (Lipinski definition) is 5. The summed E-state index contributed by atoms with van der Waals surface area (Å²) in [6.07, 6.45) is 0. The maximum atomic E-state index is 10.6. The molecule has 1 aromatic carbocycles. The van der Waals surface area contributed by atoms with Crippen molar-refractivity contribution in [3.05, 3.63) is 23.4 Å². The normalized spacial score (nSPS) is 13.4. The van der Waals surface area contributed by atoms with Crippen molar-refractivity contribution in [3.63, 3.8) is 0 Å². The Morgan fingerprint density at radius 1 is 1.54 bits per heavy atom. The average molecular weight is 197 g/mol. The number of quaternary nitrogens is 1. The summed E-state index contributed by atoms with van der Waals surface area (Å²) in [6, 6.07) is 4.78. The molecule has 0 saturated heterocycles. The predicted octanol–water partition coefficient (Wildman–Crippen LogP) is 0.282. The second-order valence-corrected chi connectivity index (χ2v) is 3.60. The van der Waals surface area contributed by atoms with E-state index in [0.29, 0.717) is 10.6 Å². The maximum absolute atomic E-state index is 10.6. The number of nitrogens with zero attached hydrogens (tertiary/aromatic N) is 1. The average Bonchev–Trinajstić information content (AvgIpc) is 2.42. The zero-order valence-corrected chi connectivity index (χ0v) is 7.34. The van der Waals surface area contributed by atoms with Gasteiger partial charge in [0.25, 0.3) is 0 Å². The lowest BCUT2D eigenvalue weighted by molar-refractivity contribution is -0.991. The second kappa shape index (κ2) is 2.93. The summed E-state index contributed by atoms with van der Waals surface area (Å²) >= 11 is 1.35. The molecule has 0 amide bonds. The van der Waals surface area contributed by atoms with Crippen molar-refractivity contribution < 1.29 is 10.4 Å². The van der Waals surface area contributed by atoms with Gasteiger partial charge in [-0.2, -0.15) is 5.23 Å². The fourth-order valence-corrected chi connectivity index (χ4v) is 1.79. The zero-order chi connectivity index (χ0) is 9.42. The Balaban J connectivity index is 2.61. The van der Waals surface area contributed by atoms with Crippen LogP contribution < -0.4 is 11.0 Å². The summed E-state index contributed by atoms with van der Waals surface area (Å²) in [5.74, 6) is 0. The number of nitrogens with one attached hydrogen (secondary N) is 1. The first kappa shape index (κ1) is 8.39. The van der Waals surface area contributed by atoms with Gasteiger partial charge in [-0.05, 0) is 6.07 Å². The van der Waals surface area contributed by atoms with Gasteiger partial charge in [0, 0.05) is 12.1 Å². The number of hydrogen-bond donors (Lipinski definition) is 3. The third kappa shape index (κ3) is 1.47. The minimum Gasteiger partial charge on any atom is -0.595 e. The molecule has 0 aliphatic rings. The molecular weight excluding hydrogens is 190 g/mol. The van der Waals surface area contributed by atoms with E-state index in [2.05, 4.69) is 4.98 Å². The van der Waals surface area contributed by atoms with Crippen LogP contribution in [-0.2, 0) is 0 Å². The number of thiazole rings is 1. The maximum Gasteiger partial charge on any atom is 0.181 e. The summed E-state index contributed by atoms with van der Waals surface area (Å²) in [7, 11) is 0. The van der Waals surface area contributed by atoms with Gasteiger partial charge in [-0.3, -0.25) is 0 Å². The summed E-state index contributed by atoms with van der Waals surface area (Å²) in [6.45, 7) is 0. The smallest absolute Gasteiger partial charge is 0.181 e. The molecule has 1 unspecified atom stereocenters. The molecule has 4 N–H and O–H groups in total. The third-order valence-electron chi connectivity index (χ3n) is 1.65. The van der Waals surface area contributed by atoms with Crippen LogP contribution in [0, 0.1) is 5.21 Å². The fraction of sp³-hybridized carbons (Fsp3) is 0. The Hall–Kier alpha value is -1.21. The standard InChI is InChI=1S/C7H7N3O2S/c8-7-9-5-3-4(10(11)12)1-2-6(5)13-7/h1-3,10-11H,(H2,8,9). The van der Waals surface area contributed by atoms with E-state index in [9.17, 15) is 5.21 Å². The minimum atomic E-state index is -0.950. The molecule has 2 rings (SSSR count). The molecule has 2 aromatic rings. The van der Waals surface area contributed by atoms with Gasteiger partial charge in [-0.15, -0.1) is 0 Å². The van der Waals surface area contributed by atoms with Crippen molar-refractivity contribution in [3.8, 4) is 0 Å². The molecular formula is C7H7N3O2S. The molecule has 68 valence electrons. The van der Waals surface area contributed by atoms with Gasteiger partial charge in [0.15, 0.2) is 10.8 Å². The van der Waals surface area contributed by atoms with Gasteiger partial charge in [0.2, 0.25) is 0 Å². The zero-order valence-electron chi connectivity index (χ0n) is 6.52. The summed E-state index contributed by atoms with van der Waals surface area (Å²) < 4.78 is 0.905. The Bertz CT molecular complexity index is 440. The molecule has 0 aliphatic carbocycles. The molecule has 0 aliphatic heterocycles. The highest BCUT2D eigenvalue weighted by Crippen LogP contribution is 2.24. The first-order chi connectivity index (χ1) is 6.16. The largest absolute Gasteiger partial charge is 0.595 e. The van der Waals surface area contributed by atoms with Crippen molar-refractivity contribution in [1.82, 2.24) is 4.98 Å². The van der Waals surface area contributed by atoms with Gasteiger partial charge in [-0.1, -0.05) is 11.3 Å². The van der Waals surface area contributed by atoms with Crippen LogP contribution in [-0.4, -0.2) is 10.2 Å². The van der Waals surface area contributed by atoms with E-state index >= 15 is 0 Å². The summed E-state index contributed by atoms with van der Waals surface area (Å²) in [4.78, 5) is 3.99. The minimum absolute atomic E-state index is 0.234. The molecule has 13 heavy (non-hydrogen) atoms. The predicted molar refractivity (Wildman–Crippen MR) is 49.8 cm³/mol. The molecule has 5 nitrogen and oxygen atoms in total. The number of rotatable bonds is 1. The molecule has 0 saturated carbocycles. The van der Waals surface area contributed by atoms with Crippen molar-refractivity contribution in [2.75, 3.05) is 5.73 Å². The van der Waals surface area contributed by atoms with Crippen LogP contribution in [0.5, 0.6) is 0 Å². The number of fused-ring (bicyclic) bond motifs is 1. The quantitative estimate of drug-likeness (QED) is 0.573. The van der Waals surface area contributed by atoms with Crippen LogP contribution in [0.25, 0.3) is 10.2 Å². The van der Waals surface area contributed by atoms with Crippen molar-refractivity contribution >= 4 is 32.4 Å². The van der Waals surface area contributed by atoms with Crippen LogP contribution >= 0.6 is 11.3 Å². The number of anilines is 1. The monoisotopic (exact) mass is 197 g/mol. The molecule has 1 atom stereocenters. The van der Waals surface area contributed by atoms with Crippen LogP contribution in [0.1, 0.15) is 0 Å². The highest BCUT2D eigenvalue weighted by Gasteiger charge is 2.05. The van der Waals surface area contributed by atoms with Gasteiger partial charge >= 0.3 is 0 Å². The molecule has 0 bridgehead atoms. The SMILES string of the molecule is Nc1nc2cc([NH+]([O-])O)ccc2s1. The van der Waals surface area contributed by atoms with Crippen molar-refractivity contribution in [2.45, 2.75) is 0 Å². The van der Waals surface area contributed by atoms with Gasteiger partial charge in [-0.25, -0.2) is 10.2 Å². The topological polar surface area (TPSA) is 86.6 Å². The van der Waals surface area contributed by atoms with Crippen LogP contribution in [0.4, 0.5) is 10.8 Å². The van der Waals surface area contributed by atoms with Gasteiger partial charge < -0.3 is 10.9 Å². The molecule has 0 spiro atoms. The van der Waals surface area contributed by atoms with E-state index in [1.165, 1.54) is 17.4 Å². The molecule has 1 heterocycles. The molecule has 0 radical (unpaired) electrons. The molecule has 1 aromatic heterocycles. The van der Waals surface area contributed by atoms with Crippen LogP contribution in [0.3, 0.4) is 0 Å². The first-order valence-electron chi connectivity index (χ1n) is 3.56. The number of aromatic nitrogens is 1. The summed E-state index contributed by atoms with van der Waals surface area (Å²) in [5, 5.41) is 18.8. The van der Waals surface area contributed by atoms with Crippen LogP contribution in [0.2, 0.25) is 0 Å². The van der Waals surface area contributed by atoms with E-state index < -0.39 is 5.23 Å². The van der Waals surface area contributed by atoms with Gasteiger partial charge in [0.1, 0.15) is 0 Å². The van der Waals surface area contributed by atoms with Gasteiger partial charge in [0.05, 0.1) is 10.2 Å². The Labute approximate surface area is 77.6 Å². The van der Waals surface area contributed by atoms with E-state index in [0.717, 1.165) is 4.70 Å².